The Morgan fingerprint density at radius 3 is 2.49 bits per heavy atom. The number of allylic oxidation sites excluding steroid dienone is 1. The molecule has 5 aliphatic rings. The maximum absolute atomic E-state index is 6.79. The zero-order valence-corrected chi connectivity index (χ0v) is 22.8. The number of dihydropyridines is 1. The highest BCUT2D eigenvalue weighted by atomic mass is 16.7. The molecule has 1 unspecified atom stereocenters. The van der Waals surface area contributed by atoms with E-state index in [1.807, 2.05) is 29.1 Å². The minimum absolute atomic E-state index is 0.139. The van der Waals surface area contributed by atoms with Gasteiger partial charge in [0.25, 0.3) is 0 Å². The van der Waals surface area contributed by atoms with E-state index in [1.54, 1.807) is 0 Å². The first-order chi connectivity index (χ1) is 20.0. The van der Waals surface area contributed by atoms with Gasteiger partial charge >= 0.3 is 0 Å². The van der Waals surface area contributed by atoms with E-state index in [2.05, 4.69) is 88.1 Å². The number of fused-ring (bicyclic) bond motifs is 3. The van der Waals surface area contributed by atoms with Crippen LogP contribution in [0.5, 0.6) is 0 Å². The number of hydrogen-bond donors (Lipinski definition) is 2. The van der Waals surface area contributed by atoms with Gasteiger partial charge in [0.05, 0.1) is 42.5 Å². The topological polar surface area (TPSA) is 112 Å². The van der Waals surface area contributed by atoms with E-state index in [-0.39, 0.29) is 6.04 Å². The number of rotatable bonds is 4. The summed E-state index contributed by atoms with van der Waals surface area (Å²) in [5.41, 5.74) is 11.1. The number of nitrogens with zero attached hydrogens (tertiary/aromatic N) is 5. The first-order valence-electron chi connectivity index (χ1n) is 14.1. The average molecular weight is 546 g/mol. The zero-order valence-electron chi connectivity index (χ0n) is 22.8. The molecule has 1 aliphatic carbocycles. The van der Waals surface area contributed by atoms with Gasteiger partial charge in [0.2, 0.25) is 5.82 Å². The zero-order chi connectivity index (χ0) is 27.7. The van der Waals surface area contributed by atoms with Crippen LogP contribution in [-0.4, -0.2) is 57.9 Å². The molecule has 3 aromatic rings. The maximum Gasteiger partial charge on any atom is 0.203 e. The molecule has 4 aliphatic heterocycles. The highest BCUT2D eigenvalue weighted by Crippen LogP contribution is 2.51. The van der Waals surface area contributed by atoms with E-state index in [4.69, 9.17) is 20.2 Å². The van der Waals surface area contributed by atoms with Gasteiger partial charge in [0.15, 0.2) is 11.6 Å². The summed E-state index contributed by atoms with van der Waals surface area (Å²) in [6.45, 7) is 4.08. The second-order valence-electron chi connectivity index (χ2n) is 11.6. The molecule has 1 saturated heterocycles. The predicted octanol–water partition coefficient (Wildman–Crippen LogP) is 3.53. The van der Waals surface area contributed by atoms with E-state index in [0.29, 0.717) is 44.3 Å². The van der Waals surface area contributed by atoms with E-state index in [1.165, 1.54) is 0 Å². The second-order valence-corrected chi connectivity index (χ2v) is 11.6. The molecule has 1 spiro atoms. The van der Waals surface area contributed by atoms with Gasteiger partial charge in [-0.15, -0.1) is 10.2 Å². The molecule has 0 bridgehead atoms. The number of nitrogens with two attached hydrogens (primary N) is 1. The van der Waals surface area contributed by atoms with Crippen LogP contribution in [-0.2, 0) is 20.4 Å². The van der Waals surface area contributed by atoms with Gasteiger partial charge in [-0.25, -0.2) is 0 Å². The minimum Gasteiger partial charge on any atom is -0.347 e. The Hall–Kier alpha value is -4.18. The molecule has 2 atom stereocenters. The van der Waals surface area contributed by atoms with Crippen LogP contribution >= 0.6 is 0 Å². The molecular formula is C32H31N7O2. The molecule has 0 amide bonds. The fourth-order valence-corrected chi connectivity index (χ4v) is 6.72. The maximum atomic E-state index is 6.79. The van der Waals surface area contributed by atoms with Crippen LogP contribution in [0, 0.1) is 0 Å². The number of aromatic nitrogens is 3. The van der Waals surface area contributed by atoms with E-state index < -0.39 is 16.7 Å². The van der Waals surface area contributed by atoms with Crippen molar-refractivity contribution < 1.29 is 9.47 Å². The van der Waals surface area contributed by atoms with Crippen LogP contribution in [0.4, 0.5) is 0 Å². The van der Waals surface area contributed by atoms with Crippen LogP contribution < -0.4 is 11.1 Å². The average Bonchev–Trinajstić information content (AvgIpc) is 3.66. The van der Waals surface area contributed by atoms with Gasteiger partial charge in [-0.1, -0.05) is 60.7 Å². The summed E-state index contributed by atoms with van der Waals surface area (Å²) in [6.07, 6.45) is 11.7. The van der Waals surface area contributed by atoms with E-state index in [0.717, 1.165) is 33.8 Å². The van der Waals surface area contributed by atoms with Gasteiger partial charge in [0.1, 0.15) is 5.82 Å². The van der Waals surface area contributed by atoms with Crippen molar-refractivity contribution in [3.63, 3.8) is 0 Å². The molecule has 8 rings (SSSR count). The number of ether oxygens (including phenoxy) is 2. The lowest BCUT2D eigenvalue weighted by Gasteiger charge is -2.50. The molecule has 41 heavy (non-hydrogen) atoms. The largest absolute Gasteiger partial charge is 0.347 e. The number of nitrogens with one attached hydrogen (secondary N) is 1. The van der Waals surface area contributed by atoms with Crippen molar-refractivity contribution >= 4 is 23.3 Å². The van der Waals surface area contributed by atoms with Crippen molar-refractivity contribution in [2.45, 2.75) is 42.5 Å². The van der Waals surface area contributed by atoms with Gasteiger partial charge in [-0.05, 0) is 30.2 Å². The molecule has 1 aromatic heterocycles. The molecule has 1 saturated carbocycles. The summed E-state index contributed by atoms with van der Waals surface area (Å²) in [5.74, 6) is 1.75. The van der Waals surface area contributed by atoms with Gasteiger partial charge < -0.3 is 20.5 Å². The number of benzene rings is 2. The summed E-state index contributed by atoms with van der Waals surface area (Å²) < 4.78 is 13.7. The Labute approximate surface area is 238 Å². The van der Waals surface area contributed by atoms with Crippen molar-refractivity contribution in [1.82, 2.24) is 20.1 Å². The fraction of sp³-hybridized carbons (Fsp3) is 0.312. The summed E-state index contributed by atoms with van der Waals surface area (Å²) in [6, 6.07) is 18.8. The molecule has 9 nitrogen and oxygen atoms in total. The number of aliphatic imine (C=N–C) groups is 2. The van der Waals surface area contributed by atoms with Crippen LogP contribution in [0.25, 0.3) is 11.8 Å². The first-order valence-corrected chi connectivity index (χ1v) is 14.1. The monoisotopic (exact) mass is 545 g/mol. The number of hydrogen-bond acceptors (Lipinski definition) is 8. The van der Waals surface area contributed by atoms with Crippen molar-refractivity contribution in [1.29, 1.82) is 0 Å². The molecule has 206 valence electrons. The van der Waals surface area contributed by atoms with Gasteiger partial charge in [-0.2, -0.15) is 0 Å². The van der Waals surface area contributed by atoms with Crippen LogP contribution in [0.1, 0.15) is 48.1 Å². The SMILES string of the molecule is C[C@]12C=C(c3ccccc3)C(c3ccc(C4(N)CC5(C4)OCCO5)cc3)=NC1C=Cn1c(C3=NCC=CN3)nnc12. The van der Waals surface area contributed by atoms with Crippen LogP contribution in [0.3, 0.4) is 0 Å². The summed E-state index contributed by atoms with van der Waals surface area (Å²) in [5, 5.41) is 12.4. The third-order valence-electron chi connectivity index (χ3n) is 8.88. The van der Waals surface area contributed by atoms with Crippen molar-refractivity contribution in [3.8, 4) is 0 Å². The van der Waals surface area contributed by atoms with E-state index >= 15 is 0 Å². The van der Waals surface area contributed by atoms with Crippen molar-refractivity contribution in [2.24, 2.45) is 15.7 Å². The lowest BCUT2D eigenvalue weighted by molar-refractivity contribution is -0.239. The van der Waals surface area contributed by atoms with Gasteiger partial charge in [0, 0.05) is 36.4 Å². The quantitative estimate of drug-likeness (QED) is 0.519. The molecule has 9 heteroatoms. The van der Waals surface area contributed by atoms with E-state index in [9.17, 15) is 0 Å². The Morgan fingerprint density at radius 1 is 0.976 bits per heavy atom. The smallest absolute Gasteiger partial charge is 0.203 e. The van der Waals surface area contributed by atoms with Crippen molar-refractivity contribution in [3.05, 3.63) is 107 Å². The third kappa shape index (κ3) is 3.80. The molecule has 0 radical (unpaired) electrons. The van der Waals surface area contributed by atoms with Crippen LogP contribution in [0.15, 0.2) is 89.0 Å². The Morgan fingerprint density at radius 2 is 1.76 bits per heavy atom. The Kier molecular flexibility index (Phi) is 5.35. The number of amidine groups is 1. The standard InChI is InChI=1S/C32H31N7O2/c1-30-18-24(21-6-3-2-4-7-21)26(22-8-10-23(11-9-22)31(33)19-32(20-31)40-16-17-41-32)36-25(30)12-15-39-28(37-38-29(30)39)27-34-13-5-14-35-27/h2-13,15,18,25H,14,16-17,19-20,33H2,1H3,(H,34,35)/t25?,30-/m0/s1. The normalized spacial score (nSPS) is 26.8. The molecule has 3 N–H and O–H groups in total. The third-order valence-corrected chi connectivity index (χ3v) is 8.88. The highest BCUT2D eigenvalue weighted by molar-refractivity contribution is 6.32. The minimum atomic E-state index is -0.501. The summed E-state index contributed by atoms with van der Waals surface area (Å²) in [7, 11) is 0. The lowest BCUT2D eigenvalue weighted by Crippen LogP contribution is -2.60. The summed E-state index contributed by atoms with van der Waals surface area (Å²) in [4.78, 5) is 9.93. The Bertz CT molecular complexity index is 1670. The second kappa shape index (κ2) is 8.91. The van der Waals surface area contributed by atoms with Gasteiger partial charge in [-0.3, -0.25) is 14.6 Å². The van der Waals surface area contributed by atoms with Crippen LogP contribution in [0.2, 0.25) is 0 Å². The predicted molar refractivity (Wildman–Crippen MR) is 157 cm³/mol. The van der Waals surface area contributed by atoms with Crippen molar-refractivity contribution in [2.75, 3.05) is 19.8 Å². The molecular weight excluding hydrogens is 514 g/mol. The fourth-order valence-electron chi connectivity index (χ4n) is 6.72. The lowest BCUT2D eigenvalue weighted by atomic mass is 9.68. The first kappa shape index (κ1) is 24.6. The summed E-state index contributed by atoms with van der Waals surface area (Å²) >= 11 is 0. The molecule has 2 aromatic carbocycles. The molecule has 2 fully saturated rings. The highest BCUT2D eigenvalue weighted by Gasteiger charge is 2.57. The Balaban J connectivity index is 1.17. The molecule has 5 heterocycles.